The summed E-state index contributed by atoms with van der Waals surface area (Å²) in [6.07, 6.45) is -4.23. The van der Waals surface area contributed by atoms with Gasteiger partial charge in [-0.2, -0.15) is 0 Å². The molecule has 21 heavy (non-hydrogen) atoms. The van der Waals surface area contributed by atoms with Crippen LogP contribution >= 0.6 is 0 Å². The minimum atomic E-state index is -4.73. The van der Waals surface area contributed by atoms with E-state index in [-0.39, 0.29) is 18.4 Å². The van der Waals surface area contributed by atoms with E-state index in [0.29, 0.717) is 18.7 Å². The van der Waals surface area contributed by atoms with Gasteiger partial charge in [-0.1, -0.05) is 0 Å². The Hall–Kier alpha value is -2.12. The Morgan fingerprint density at radius 1 is 1.29 bits per heavy atom. The van der Waals surface area contributed by atoms with Crippen molar-refractivity contribution in [3.63, 3.8) is 0 Å². The number of rotatable bonds is 4. The second kappa shape index (κ2) is 6.11. The number of hydrogen-bond donors (Lipinski definition) is 1. The topological polar surface area (TPSA) is 59.0 Å². The van der Waals surface area contributed by atoms with Crippen molar-refractivity contribution in [2.24, 2.45) is 0 Å². The van der Waals surface area contributed by atoms with Gasteiger partial charge >= 0.3 is 12.5 Å². The number of benzene rings is 1. The number of hydrogen-bond acceptors (Lipinski definition) is 3. The van der Waals surface area contributed by atoms with Crippen LogP contribution in [0.2, 0.25) is 0 Å². The summed E-state index contributed by atoms with van der Waals surface area (Å²) >= 11 is 0. The number of carbonyl (C=O) groups is 1. The summed E-state index contributed by atoms with van der Waals surface area (Å²) in [5.74, 6) is 0.0321. The summed E-state index contributed by atoms with van der Waals surface area (Å²) in [6, 6.07) is 4.76. The third-order valence-electron chi connectivity index (χ3n) is 3.12. The molecule has 0 aliphatic carbocycles. The van der Waals surface area contributed by atoms with Crippen LogP contribution in [0.5, 0.6) is 11.5 Å². The largest absolute Gasteiger partial charge is 0.573 e. The number of halogens is 3. The predicted octanol–water partition coefficient (Wildman–Crippen LogP) is 3.11. The molecule has 1 aromatic rings. The van der Waals surface area contributed by atoms with Crippen molar-refractivity contribution in [1.82, 2.24) is 4.90 Å². The Morgan fingerprint density at radius 3 is 2.48 bits per heavy atom. The van der Waals surface area contributed by atoms with E-state index in [0.717, 1.165) is 18.6 Å². The highest BCUT2D eigenvalue weighted by Gasteiger charge is 2.31. The van der Waals surface area contributed by atoms with Gasteiger partial charge in [0.15, 0.2) is 0 Å². The van der Waals surface area contributed by atoms with Gasteiger partial charge in [-0.25, -0.2) is 4.79 Å². The fourth-order valence-corrected chi connectivity index (χ4v) is 2.19. The molecule has 0 saturated carbocycles. The van der Waals surface area contributed by atoms with Gasteiger partial charge in [-0.15, -0.1) is 13.2 Å². The third-order valence-corrected chi connectivity index (χ3v) is 3.12. The molecule has 0 bridgehead atoms. The zero-order chi connectivity index (χ0) is 15.5. The molecule has 116 valence electrons. The number of ether oxygens (including phenoxy) is 2. The van der Waals surface area contributed by atoms with E-state index in [2.05, 4.69) is 4.74 Å². The number of amides is 1. The molecule has 1 amide bonds. The molecule has 1 atom stereocenters. The minimum Gasteiger partial charge on any atom is -0.491 e. The summed E-state index contributed by atoms with van der Waals surface area (Å²) in [5.41, 5.74) is 0. The van der Waals surface area contributed by atoms with Gasteiger partial charge in [0.25, 0.3) is 0 Å². The van der Waals surface area contributed by atoms with Gasteiger partial charge in [0.05, 0.1) is 6.04 Å². The van der Waals surface area contributed by atoms with Gasteiger partial charge in [-0.05, 0) is 37.1 Å². The summed E-state index contributed by atoms with van der Waals surface area (Å²) in [5, 5.41) is 8.97. The molecule has 0 unspecified atom stereocenters. The molecular weight excluding hydrogens is 291 g/mol. The van der Waals surface area contributed by atoms with Crippen LogP contribution < -0.4 is 9.47 Å². The highest BCUT2D eigenvalue weighted by molar-refractivity contribution is 5.65. The molecule has 1 aromatic carbocycles. The van der Waals surface area contributed by atoms with Crippen molar-refractivity contribution in [3.8, 4) is 11.5 Å². The Morgan fingerprint density at radius 2 is 1.90 bits per heavy atom. The molecular formula is C13H14F3NO4. The first kappa shape index (κ1) is 15.3. The predicted molar refractivity (Wildman–Crippen MR) is 66.4 cm³/mol. The normalized spacial score (nSPS) is 18.6. The van der Waals surface area contributed by atoms with Crippen molar-refractivity contribution in [2.75, 3.05) is 13.2 Å². The monoisotopic (exact) mass is 305 g/mol. The smallest absolute Gasteiger partial charge is 0.491 e. The SMILES string of the molecule is O=C(O)N1CCC[C@H]1COc1ccc(OC(F)(F)F)cc1. The van der Waals surface area contributed by atoms with Gasteiger partial charge < -0.3 is 19.5 Å². The molecule has 1 N–H and O–H groups in total. The van der Waals surface area contributed by atoms with Crippen LogP contribution in [0, 0.1) is 0 Å². The molecule has 1 aliphatic rings. The summed E-state index contributed by atoms with van der Waals surface area (Å²) in [4.78, 5) is 12.3. The van der Waals surface area contributed by atoms with Gasteiger partial charge in [-0.3, -0.25) is 0 Å². The zero-order valence-corrected chi connectivity index (χ0v) is 11.0. The van der Waals surface area contributed by atoms with E-state index < -0.39 is 12.5 Å². The number of likely N-dealkylation sites (tertiary alicyclic amines) is 1. The van der Waals surface area contributed by atoms with Crippen LogP contribution in [0.15, 0.2) is 24.3 Å². The molecule has 1 aliphatic heterocycles. The Balaban J connectivity index is 1.88. The van der Waals surface area contributed by atoms with E-state index in [1.54, 1.807) is 0 Å². The quantitative estimate of drug-likeness (QED) is 0.928. The van der Waals surface area contributed by atoms with Crippen LogP contribution in [0.1, 0.15) is 12.8 Å². The van der Waals surface area contributed by atoms with Crippen LogP contribution in [0.3, 0.4) is 0 Å². The molecule has 0 aromatic heterocycles. The number of alkyl halides is 3. The Bertz CT molecular complexity index is 489. The lowest BCUT2D eigenvalue weighted by molar-refractivity contribution is -0.274. The maximum Gasteiger partial charge on any atom is 0.573 e. The highest BCUT2D eigenvalue weighted by Crippen LogP contribution is 2.25. The van der Waals surface area contributed by atoms with Crippen molar-refractivity contribution in [2.45, 2.75) is 25.2 Å². The average Bonchev–Trinajstić information content (AvgIpc) is 2.84. The second-order valence-corrected chi connectivity index (χ2v) is 4.60. The summed E-state index contributed by atoms with van der Waals surface area (Å²) in [7, 11) is 0. The average molecular weight is 305 g/mol. The number of nitrogens with zero attached hydrogens (tertiary/aromatic N) is 1. The van der Waals surface area contributed by atoms with Gasteiger partial charge in [0.1, 0.15) is 18.1 Å². The zero-order valence-electron chi connectivity index (χ0n) is 11.0. The molecule has 0 spiro atoms. The molecule has 1 fully saturated rings. The van der Waals surface area contributed by atoms with Crippen molar-refractivity contribution in [3.05, 3.63) is 24.3 Å². The lowest BCUT2D eigenvalue weighted by Gasteiger charge is -2.21. The second-order valence-electron chi connectivity index (χ2n) is 4.60. The Kier molecular flexibility index (Phi) is 4.44. The van der Waals surface area contributed by atoms with E-state index in [1.165, 1.54) is 17.0 Å². The molecule has 1 saturated heterocycles. The van der Waals surface area contributed by atoms with Crippen LogP contribution in [0.4, 0.5) is 18.0 Å². The summed E-state index contributed by atoms with van der Waals surface area (Å²) < 4.78 is 45.2. The third kappa shape index (κ3) is 4.44. The fraction of sp³-hybridized carbons (Fsp3) is 0.462. The maximum atomic E-state index is 12.0. The highest BCUT2D eigenvalue weighted by atomic mass is 19.4. The van der Waals surface area contributed by atoms with Crippen LogP contribution in [-0.2, 0) is 0 Å². The van der Waals surface area contributed by atoms with Crippen molar-refractivity contribution in [1.29, 1.82) is 0 Å². The molecule has 0 radical (unpaired) electrons. The van der Waals surface area contributed by atoms with Crippen molar-refractivity contribution < 1.29 is 32.5 Å². The maximum absolute atomic E-state index is 12.0. The molecule has 1 heterocycles. The summed E-state index contributed by atoms with van der Waals surface area (Å²) in [6.45, 7) is 0.646. The molecule has 8 heteroatoms. The van der Waals surface area contributed by atoms with Gasteiger partial charge in [0, 0.05) is 6.54 Å². The van der Waals surface area contributed by atoms with E-state index in [1.807, 2.05) is 0 Å². The molecule has 5 nitrogen and oxygen atoms in total. The first-order chi connectivity index (χ1) is 9.85. The van der Waals surface area contributed by atoms with Gasteiger partial charge in [0.2, 0.25) is 0 Å². The van der Waals surface area contributed by atoms with Crippen LogP contribution in [-0.4, -0.2) is 41.7 Å². The van der Waals surface area contributed by atoms with E-state index >= 15 is 0 Å². The first-order valence-corrected chi connectivity index (χ1v) is 6.33. The van der Waals surface area contributed by atoms with Crippen molar-refractivity contribution >= 4 is 6.09 Å². The van der Waals surface area contributed by atoms with E-state index in [9.17, 15) is 18.0 Å². The minimum absolute atomic E-state index is 0.172. The first-order valence-electron chi connectivity index (χ1n) is 6.33. The van der Waals surface area contributed by atoms with Crippen LogP contribution in [0.25, 0.3) is 0 Å². The standard InChI is InChI=1S/C13H14F3NO4/c14-13(15,16)21-11-5-3-10(4-6-11)20-8-9-2-1-7-17(9)12(18)19/h3-6,9H,1-2,7-8H2,(H,18,19)/t9-/m0/s1. The Labute approximate surface area is 118 Å². The lowest BCUT2D eigenvalue weighted by atomic mass is 10.2. The fourth-order valence-electron chi connectivity index (χ4n) is 2.19. The lowest BCUT2D eigenvalue weighted by Crippen LogP contribution is -2.37. The van der Waals surface area contributed by atoms with E-state index in [4.69, 9.17) is 9.84 Å². The number of carboxylic acid groups (broad SMARTS) is 1. The molecule has 2 rings (SSSR count).